The highest BCUT2D eigenvalue weighted by molar-refractivity contribution is 5.79. The Labute approximate surface area is 118 Å². The van der Waals surface area contributed by atoms with Crippen LogP contribution in [0.2, 0.25) is 0 Å². The fraction of sp³-hybridized carbons (Fsp3) is 0.786. The van der Waals surface area contributed by atoms with Crippen molar-refractivity contribution in [2.45, 2.75) is 51.6 Å². The Kier molecular flexibility index (Phi) is 5.52. The summed E-state index contributed by atoms with van der Waals surface area (Å²) in [5.74, 6) is -1.05. The van der Waals surface area contributed by atoms with Crippen molar-refractivity contribution >= 4 is 11.9 Å². The van der Waals surface area contributed by atoms with Crippen LogP contribution in [0.15, 0.2) is 0 Å². The third kappa shape index (κ3) is 3.10. The zero-order chi connectivity index (χ0) is 15.2. The first-order chi connectivity index (χ1) is 9.42. The van der Waals surface area contributed by atoms with E-state index in [9.17, 15) is 20.0 Å². The van der Waals surface area contributed by atoms with Crippen molar-refractivity contribution < 1.29 is 24.2 Å². The molecule has 1 fully saturated rings. The van der Waals surface area contributed by atoms with E-state index < -0.39 is 23.0 Å². The second kappa shape index (κ2) is 6.71. The summed E-state index contributed by atoms with van der Waals surface area (Å²) in [5, 5.41) is 19.8. The number of carbonyl (C=O) groups excluding carboxylic acids is 2. The highest BCUT2D eigenvalue weighted by Gasteiger charge is 2.58. The summed E-state index contributed by atoms with van der Waals surface area (Å²) in [5.41, 5.74) is -3.08. The molecule has 0 aliphatic heterocycles. The van der Waals surface area contributed by atoms with E-state index in [1.807, 2.05) is 6.07 Å². The quantitative estimate of drug-likeness (QED) is 0.603. The normalized spacial score (nSPS) is 29.3. The number of aliphatic hydroxyl groups is 1. The summed E-state index contributed by atoms with van der Waals surface area (Å²) in [4.78, 5) is 23.1. The van der Waals surface area contributed by atoms with Crippen LogP contribution in [0.5, 0.6) is 0 Å². The third-order valence-electron chi connectivity index (χ3n) is 3.87. The molecule has 0 spiro atoms. The lowest BCUT2D eigenvalue weighted by molar-refractivity contribution is -0.178. The minimum absolute atomic E-state index is 0.0157. The SMILES string of the molecule is CCOC(=O)[C@]1(CCOC(C)=O)CCCC[C@@]1(O)C#N. The minimum Gasteiger partial charge on any atom is -0.466 e. The molecule has 6 nitrogen and oxygen atoms in total. The van der Waals surface area contributed by atoms with E-state index in [1.54, 1.807) is 6.92 Å². The van der Waals surface area contributed by atoms with E-state index in [0.29, 0.717) is 12.8 Å². The number of rotatable bonds is 5. The smallest absolute Gasteiger partial charge is 0.316 e. The van der Waals surface area contributed by atoms with Gasteiger partial charge in [0.25, 0.3) is 0 Å². The molecule has 0 bridgehead atoms. The van der Waals surface area contributed by atoms with Crippen molar-refractivity contribution in [3.05, 3.63) is 0 Å². The molecule has 1 aliphatic carbocycles. The van der Waals surface area contributed by atoms with E-state index in [-0.39, 0.29) is 26.1 Å². The molecular weight excluding hydrogens is 262 g/mol. The van der Waals surface area contributed by atoms with E-state index in [4.69, 9.17) is 9.47 Å². The molecule has 1 aliphatic rings. The third-order valence-corrected chi connectivity index (χ3v) is 3.87. The molecule has 20 heavy (non-hydrogen) atoms. The maximum atomic E-state index is 12.3. The van der Waals surface area contributed by atoms with Gasteiger partial charge in [-0.1, -0.05) is 6.42 Å². The Hall–Kier alpha value is -1.61. The summed E-state index contributed by atoms with van der Waals surface area (Å²) >= 11 is 0. The Morgan fingerprint density at radius 3 is 2.50 bits per heavy atom. The van der Waals surface area contributed by atoms with Crippen LogP contribution >= 0.6 is 0 Å². The van der Waals surface area contributed by atoms with E-state index in [1.165, 1.54) is 6.92 Å². The average Bonchev–Trinajstić information content (AvgIpc) is 2.41. The highest BCUT2D eigenvalue weighted by atomic mass is 16.5. The van der Waals surface area contributed by atoms with Crippen LogP contribution in [-0.2, 0) is 19.1 Å². The second-order valence-corrected chi connectivity index (χ2v) is 5.07. The standard InChI is InChI=1S/C14H21NO5/c1-3-19-12(17)13(8-9-20-11(2)16)6-4-5-7-14(13,18)10-15/h18H,3-9H2,1-2H3/t13-,14-/m1/s1. The van der Waals surface area contributed by atoms with Crippen molar-refractivity contribution in [2.75, 3.05) is 13.2 Å². The largest absolute Gasteiger partial charge is 0.466 e. The van der Waals surface area contributed by atoms with Crippen LogP contribution in [0.3, 0.4) is 0 Å². The average molecular weight is 283 g/mol. The van der Waals surface area contributed by atoms with Gasteiger partial charge in [-0.05, 0) is 26.2 Å². The molecule has 1 saturated carbocycles. The Balaban J connectivity index is 3.01. The molecule has 0 aromatic rings. The monoisotopic (exact) mass is 283 g/mol. The van der Waals surface area contributed by atoms with Gasteiger partial charge in [0, 0.05) is 13.3 Å². The fourth-order valence-corrected chi connectivity index (χ4v) is 2.76. The molecule has 112 valence electrons. The summed E-state index contributed by atoms with van der Waals surface area (Å²) in [6.45, 7) is 3.11. The van der Waals surface area contributed by atoms with Gasteiger partial charge < -0.3 is 14.6 Å². The maximum absolute atomic E-state index is 12.3. The molecule has 6 heteroatoms. The van der Waals surface area contributed by atoms with Gasteiger partial charge >= 0.3 is 11.9 Å². The number of hydrogen-bond acceptors (Lipinski definition) is 6. The summed E-state index contributed by atoms with van der Waals surface area (Å²) in [6, 6.07) is 1.86. The van der Waals surface area contributed by atoms with Crippen LogP contribution in [-0.4, -0.2) is 35.9 Å². The van der Waals surface area contributed by atoms with E-state index in [0.717, 1.165) is 6.42 Å². The van der Waals surface area contributed by atoms with Gasteiger partial charge in [0.1, 0.15) is 5.41 Å². The number of nitriles is 1. The number of nitrogens with zero attached hydrogens (tertiary/aromatic N) is 1. The molecule has 1 rings (SSSR count). The van der Waals surface area contributed by atoms with Gasteiger partial charge in [0.15, 0.2) is 5.60 Å². The molecule has 0 saturated heterocycles. The van der Waals surface area contributed by atoms with Crippen molar-refractivity contribution in [3.63, 3.8) is 0 Å². The highest BCUT2D eigenvalue weighted by Crippen LogP contribution is 2.47. The van der Waals surface area contributed by atoms with Crippen molar-refractivity contribution in [2.24, 2.45) is 5.41 Å². The molecule has 2 atom stereocenters. The van der Waals surface area contributed by atoms with Crippen molar-refractivity contribution in [1.82, 2.24) is 0 Å². The summed E-state index contributed by atoms with van der Waals surface area (Å²) in [6.07, 6.45) is 2.08. The van der Waals surface area contributed by atoms with E-state index >= 15 is 0 Å². The molecule has 0 heterocycles. The van der Waals surface area contributed by atoms with Gasteiger partial charge in [-0.15, -0.1) is 0 Å². The van der Waals surface area contributed by atoms with Crippen molar-refractivity contribution in [3.8, 4) is 6.07 Å². The van der Waals surface area contributed by atoms with Crippen molar-refractivity contribution in [1.29, 1.82) is 5.26 Å². The molecule has 0 radical (unpaired) electrons. The van der Waals surface area contributed by atoms with Gasteiger partial charge in [0.05, 0.1) is 19.3 Å². The second-order valence-electron chi connectivity index (χ2n) is 5.07. The predicted octanol–water partition coefficient (Wildman–Crippen LogP) is 1.32. The van der Waals surface area contributed by atoms with Gasteiger partial charge in [-0.25, -0.2) is 0 Å². The first-order valence-electron chi connectivity index (χ1n) is 6.86. The first-order valence-corrected chi connectivity index (χ1v) is 6.86. The fourth-order valence-electron chi connectivity index (χ4n) is 2.76. The Morgan fingerprint density at radius 1 is 1.30 bits per heavy atom. The lowest BCUT2D eigenvalue weighted by Gasteiger charge is -2.44. The minimum atomic E-state index is -1.77. The first kappa shape index (κ1) is 16.4. The lowest BCUT2D eigenvalue weighted by Crippen LogP contribution is -2.55. The molecule has 0 unspecified atom stereocenters. The summed E-state index contributed by atoms with van der Waals surface area (Å²) < 4.78 is 9.92. The van der Waals surface area contributed by atoms with Crippen LogP contribution < -0.4 is 0 Å². The lowest BCUT2D eigenvalue weighted by atomic mass is 9.62. The zero-order valence-electron chi connectivity index (χ0n) is 12.0. The molecule has 1 N–H and O–H groups in total. The molecular formula is C14H21NO5. The molecule has 0 aromatic carbocycles. The summed E-state index contributed by atoms with van der Waals surface area (Å²) in [7, 11) is 0. The molecule has 0 amide bonds. The van der Waals surface area contributed by atoms with Gasteiger partial charge in [-0.3, -0.25) is 9.59 Å². The van der Waals surface area contributed by atoms with Crippen LogP contribution in [0.25, 0.3) is 0 Å². The number of ether oxygens (including phenoxy) is 2. The number of hydrogen-bond donors (Lipinski definition) is 1. The van der Waals surface area contributed by atoms with Crippen LogP contribution in [0, 0.1) is 16.7 Å². The Morgan fingerprint density at radius 2 is 1.95 bits per heavy atom. The topological polar surface area (TPSA) is 96.6 Å². The molecule has 0 aromatic heterocycles. The maximum Gasteiger partial charge on any atom is 0.316 e. The number of esters is 2. The van der Waals surface area contributed by atoms with Gasteiger partial charge in [0.2, 0.25) is 0 Å². The van der Waals surface area contributed by atoms with E-state index in [2.05, 4.69) is 0 Å². The number of carbonyl (C=O) groups is 2. The zero-order valence-corrected chi connectivity index (χ0v) is 12.0. The van der Waals surface area contributed by atoms with Crippen LogP contribution in [0.4, 0.5) is 0 Å². The van der Waals surface area contributed by atoms with Crippen LogP contribution in [0.1, 0.15) is 46.0 Å². The Bertz CT molecular complexity index is 416. The van der Waals surface area contributed by atoms with Gasteiger partial charge in [-0.2, -0.15) is 5.26 Å². The predicted molar refractivity (Wildman–Crippen MR) is 69.3 cm³/mol.